The lowest BCUT2D eigenvalue weighted by Gasteiger charge is -2.16. The molecule has 1 aromatic heterocycles. The van der Waals surface area contributed by atoms with Gasteiger partial charge in [0.2, 0.25) is 0 Å². The summed E-state index contributed by atoms with van der Waals surface area (Å²) in [6, 6.07) is 13.6. The molecule has 0 amide bonds. The highest BCUT2D eigenvalue weighted by molar-refractivity contribution is 5.82. The van der Waals surface area contributed by atoms with E-state index in [2.05, 4.69) is 34.3 Å². The Bertz CT molecular complexity index is 840. The fourth-order valence-electron chi connectivity index (χ4n) is 3.55. The Labute approximate surface area is 135 Å². The first kappa shape index (κ1) is 14.2. The fourth-order valence-corrected chi connectivity index (χ4v) is 3.55. The number of aromatic nitrogens is 1. The van der Waals surface area contributed by atoms with Gasteiger partial charge >= 0.3 is 0 Å². The molecule has 2 heterocycles. The minimum Gasteiger partial charge on any atom is -0.504 e. The maximum Gasteiger partial charge on any atom is 0.157 e. The molecule has 4 rings (SSSR count). The van der Waals surface area contributed by atoms with Gasteiger partial charge < -0.3 is 15.2 Å². The quantitative estimate of drug-likeness (QED) is 0.648. The van der Waals surface area contributed by atoms with E-state index in [-0.39, 0.29) is 11.5 Å². The van der Waals surface area contributed by atoms with Crippen molar-refractivity contribution in [2.45, 2.75) is 18.9 Å². The molecule has 2 aromatic carbocycles. The molecule has 1 aliphatic rings. The van der Waals surface area contributed by atoms with Gasteiger partial charge in [-0.25, -0.2) is 0 Å². The molecule has 118 valence electrons. The van der Waals surface area contributed by atoms with Crippen molar-refractivity contribution >= 4 is 10.9 Å². The lowest BCUT2D eigenvalue weighted by Crippen LogP contribution is -2.19. The molecule has 23 heavy (non-hydrogen) atoms. The number of likely N-dealkylation sites (tertiary alicyclic amines) is 1. The molecule has 3 aromatic rings. The van der Waals surface area contributed by atoms with Crippen molar-refractivity contribution in [1.29, 1.82) is 0 Å². The predicted octanol–water partition coefficient (Wildman–Crippen LogP) is 3.57. The summed E-state index contributed by atoms with van der Waals surface area (Å²) in [4.78, 5) is 5.78. The molecule has 1 fully saturated rings. The number of nitrogens with one attached hydrogen (secondary N) is 1. The summed E-state index contributed by atoms with van der Waals surface area (Å²) in [5.74, 6) is 0.326. The van der Waals surface area contributed by atoms with Crippen LogP contribution < -0.4 is 0 Å². The zero-order valence-corrected chi connectivity index (χ0v) is 12.9. The Hall–Kier alpha value is -2.46. The number of H-pyrrole nitrogens is 1. The topological polar surface area (TPSA) is 59.5 Å². The highest BCUT2D eigenvalue weighted by Crippen LogP contribution is 2.34. The second-order valence-corrected chi connectivity index (χ2v) is 6.33. The van der Waals surface area contributed by atoms with Crippen LogP contribution in [0.3, 0.4) is 0 Å². The van der Waals surface area contributed by atoms with E-state index in [1.807, 2.05) is 12.1 Å². The molecule has 1 unspecified atom stereocenters. The Morgan fingerprint density at radius 2 is 1.96 bits per heavy atom. The second kappa shape index (κ2) is 5.63. The summed E-state index contributed by atoms with van der Waals surface area (Å²) < 4.78 is 0. The molecule has 4 nitrogen and oxygen atoms in total. The molecular formula is C19H20N2O2. The van der Waals surface area contributed by atoms with E-state index >= 15 is 0 Å². The normalized spacial score (nSPS) is 18.7. The Balaban J connectivity index is 1.49. The Morgan fingerprint density at radius 1 is 1.09 bits per heavy atom. The molecule has 0 spiro atoms. The molecule has 0 saturated carbocycles. The number of para-hydroxylation sites is 1. The highest BCUT2D eigenvalue weighted by Gasteiger charge is 2.25. The number of rotatable bonds is 3. The van der Waals surface area contributed by atoms with Crippen LogP contribution >= 0.6 is 0 Å². The number of hydrogen-bond acceptors (Lipinski definition) is 3. The van der Waals surface area contributed by atoms with Gasteiger partial charge in [-0.05, 0) is 48.2 Å². The first-order chi connectivity index (χ1) is 11.2. The zero-order valence-electron chi connectivity index (χ0n) is 12.9. The van der Waals surface area contributed by atoms with Crippen LogP contribution in [0.25, 0.3) is 10.9 Å². The van der Waals surface area contributed by atoms with Crippen molar-refractivity contribution in [3.8, 4) is 11.5 Å². The van der Waals surface area contributed by atoms with E-state index in [1.54, 1.807) is 12.1 Å². The second-order valence-electron chi connectivity index (χ2n) is 6.33. The van der Waals surface area contributed by atoms with E-state index in [1.165, 1.54) is 16.5 Å². The van der Waals surface area contributed by atoms with Gasteiger partial charge in [-0.3, -0.25) is 4.90 Å². The lowest BCUT2D eigenvalue weighted by molar-refractivity contribution is 0.328. The smallest absolute Gasteiger partial charge is 0.157 e. The third-order valence-corrected chi connectivity index (χ3v) is 4.81. The van der Waals surface area contributed by atoms with Crippen molar-refractivity contribution in [2.24, 2.45) is 0 Å². The van der Waals surface area contributed by atoms with E-state index in [9.17, 15) is 10.2 Å². The number of benzene rings is 2. The minimum atomic E-state index is -0.0533. The van der Waals surface area contributed by atoms with Gasteiger partial charge in [-0.15, -0.1) is 0 Å². The number of fused-ring (bicyclic) bond motifs is 1. The van der Waals surface area contributed by atoms with Gasteiger partial charge in [-0.2, -0.15) is 0 Å². The monoisotopic (exact) mass is 308 g/mol. The van der Waals surface area contributed by atoms with Crippen LogP contribution in [0.4, 0.5) is 0 Å². The van der Waals surface area contributed by atoms with Gasteiger partial charge in [0.25, 0.3) is 0 Å². The maximum atomic E-state index is 9.68. The summed E-state index contributed by atoms with van der Waals surface area (Å²) in [5.41, 5.74) is 3.61. The molecule has 1 saturated heterocycles. The zero-order chi connectivity index (χ0) is 15.8. The summed E-state index contributed by atoms with van der Waals surface area (Å²) in [5, 5.41) is 20.4. The average molecular weight is 308 g/mol. The molecular weight excluding hydrogens is 288 g/mol. The van der Waals surface area contributed by atoms with Gasteiger partial charge in [0.05, 0.1) is 0 Å². The average Bonchev–Trinajstić information content (AvgIpc) is 3.18. The summed E-state index contributed by atoms with van der Waals surface area (Å²) in [6.45, 7) is 2.96. The molecule has 1 aliphatic heterocycles. The van der Waals surface area contributed by atoms with Crippen LogP contribution in [0.2, 0.25) is 0 Å². The number of hydrogen-bond donors (Lipinski definition) is 3. The fraction of sp³-hybridized carbons (Fsp3) is 0.263. The third-order valence-electron chi connectivity index (χ3n) is 4.81. The number of aromatic hydroxyl groups is 2. The molecule has 0 bridgehead atoms. The minimum absolute atomic E-state index is 0.0300. The Kier molecular flexibility index (Phi) is 3.46. The van der Waals surface area contributed by atoms with E-state index in [4.69, 9.17) is 0 Å². The largest absolute Gasteiger partial charge is 0.504 e. The highest BCUT2D eigenvalue weighted by atomic mass is 16.3. The SMILES string of the molecule is Oc1ccc(C2CCN(Cc3c[nH]c4ccccc34)C2)cc1O. The molecule has 4 heteroatoms. The van der Waals surface area contributed by atoms with Crippen molar-refractivity contribution in [2.75, 3.05) is 13.1 Å². The first-order valence-electron chi connectivity index (χ1n) is 8.00. The third kappa shape index (κ3) is 2.66. The van der Waals surface area contributed by atoms with Crippen LogP contribution in [-0.4, -0.2) is 33.2 Å². The van der Waals surface area contributed by atoms with Crippen LogP contribution in [0.15, 0.2) is 48.7 Å². The van der Waals surface area contributed by atoms with Gasteiger partial charge in [-0.1, -0.05) is 24.3 Å². The van der Waals surface area contributed by atoms with Crippen molar-refractivity contribution in [3.05, 3.63) is 59.8 Å². The van der Waals surface area contributed by atoms with Gasteiger partial charge in [0.1, 0.15) is 0 Å². The first-order valence-corrected chi connectivity index (χ1v) is 8.00. The van der Waals surface area contributed by atoms with Crippen LogP contribution in [0.1, 0.15) is 23.5 Å². The summed E-state index contributed by atoms with van der Waals surface area (Å²) >= 11 is 0. The number of nitrogens with zero attached hydrogens (tertiary/aromatic N) is 1. The maximum absolute atomic E-state index is 9.68. The van der Waals surface area contributed by atoms with E-state index in [0.29, 0.717) is 5.92 Å². The van der Waals surface area contributed by atoms with Crippen LogP contribution in [0, 0.1) is 0 Å². The van der Waals surface area contributed by atoms with E-state index in [0.717, 1.165) is 31.6 Å². The van der Waals surface area contributed by atoms with Crippen LogP contribution in [-0.2, 0) is 6.54 Å². The van der Waals surface area contributed by atoms with Crippen molar-refractivity contribution < 1.29 is 10.2 Å². The van der Waals surface area contributed by atoms with Gasteiger partial charge in [0.15, 0.2) is 11.5 Å². The molecule has 1 atom stereocenters. The van der Waals surface area contributed by atoms with Crippen LogP contribution in [0.5, 0.6) is 11.5 Å². The predicted molar refractivity (Wildman–Crippen MR) is 90.7 cm³/mol. The van der Waals surface area contributed by atoms with Crippen molar-refractivity contribution in [3.63, 3.8) is 0 Å². The van der Waals surface area contributed by atoms with Crippen molar-refractivity contribution in [1.82, 2.24) is 9.88 Å². The molecule has 0 aliphatic carbocycles. The Morgan fingerprint density at radius 3 is 2.83 bits per heavy atom. The lowest BCUT2D eigenvalue weighted by atomic mass is 9.98. The number of phenolic OH excluding ortho intramolecular Hbond substituents is 2. The molecule has 3 N–H and O–H groups in total. The summed E-state index contributed by atoms with van der Waals surface area (Å²) in [7, 11) is 0. The standard InChI is InChI=1S/C19H20N2O2/c22-18-6-5-13(9-19(18)23)14-7-8-21(11-14)12-15-10-20-17-4-2-1-3-16(15)17/h1-6,9-10,14,20,22-23H,7-8,11-12H2. The molecule has 0 radical (unpaired) electrons. The summed E-state index contributed by atoms with van der Waals surface area (Å²) in [6.07, 6.45) is 3.18. The number of aromatic amines is 1. The van der Waals surface area contributed by atoms with E-state index < -0.39 is 0 Å². The number of phenols is 2. The van der Waals surface area contributed by atoms with Gasteiger partial charge in [0, 0.05) is 30.2 Å².